The summed E-state index contributed by atoms with van der Waals surface area (Å²) in [6.45, 7) is 7.92. The summed E-state index contributed by atoms with van der Waals surface area (Å²) in [4.78, 5) is 6.90. The van der Waals surface area contributed by atoms with Gasteiger partial charge in [0.25, 0.3) is 0 Å². The number of rotatable bonds is 4. The van der Waals surface area contributed by atoms with Gasteiger partial charge in [0.15, 0.2) is 0 Å². The van der Waals surface area contributed by atoms with Gasteiger partial charge in [-0.1, -0.05) is 11.2 Å². The average molecular weight is 298 g/mol. The third-order valence-corrected chi connectivity index (χ3v) is 4.03. The fourth-order valence-electron chi connectivity index (χ4n) is 2.88. The van der Waals surface area contributed by atoms with Crippen LogP contribution in [0.3, 0.4) is 0 Å². The molecule has 22 heavy (non-hydrogen) atoms. The third kappa shape index (κ3) is 2.52. The second-order valence-electron chi connectivity index (χ2n) is 6.02. The fourth-order valence-corrected chi connectivity index (χ4v) is 2.88. The van der Waals surface area contributed by atoms with Crippen LogP contribution in [-0.2, 0) is 6.54 Å². The van der Waals surface area contributed by atoms with E-state index in [9.17, 15) is 0 Å². The Balaban J connectivity index is 2.05. The first kappa shape index (κ1) is 14.8. The van der Waals surface area contributed by atoms with E-state index >= 15 is 0 Å². The van der Waals surface area contributed by atoms with E-state index in [2.05, 4.69) is 53.8 Å². The molecule has 2 heterocycles. The van der Waals surface area contributed by atoms with E-state index in [4.69, 9.17) is 9.51 Å². The molecule has 0 aliphatic heterocycles. The van der Waals surface area contributed by atoms with Gasteiger partial charge in [-0.3, -0.25) is 0 Å². The van der Waals surface area contributed by atoms with E-state index < -0.39 is 0 Å². The van der Waals surface area contributed by atoms with Crippen LogP contribution >= 0.6 is 0 Å². The van der Waals surface area contributed by atoms with Crippen LogP contribution in [-0.4, -0.2) is 40.2 Å². The Kier molecular flexibility index (Phi) is 3.74. The zero-order valence-corrected chi connectivity index (χ0v) is 13.8. The summed E-state index contributed by atoms with van der Waals surface area (Å²) in [5.74, 6) is 1.90. The molecular weight excluding hydrogens is 276 g/mol. The molecule has 0 saturated carbocycles. The summed E-state index contributed by atoms with van der Waals surface area (Å²) in [5, 5.41) is 4.04. The molecule has 0 aliphatic rings. The van der Waals surface area contributed by atoms with Gasteiger partial charge in [0, 0.05) is 18.7 Å². The molecule has 0 bridgehead atoms. The van der Waals surface area contributed by atoms with Gasteiger partial charge in [0.1, 0.15) is 11.6 Å². The van der Waals surface area contributed by atoms with Crippen molar-refractivity contribution in [1.82, 2.24) is 19.6 Å². The van der Waals surface area contributed by atoms with Gasteiger partial charge in [0.05, 0.1) is 16.7 Å². The first-order valence-electron chi connectivity index (χ1n) is 7.52. The minimum atomic E-state index is 0.848. The zero-order chi connectivity index (χ0) is 15.9. The van der Waals surface area contributed by atoms with Crippen molar-refractivity contribution in [3.05, 3.63) is 35.5 Å². The molecular formula is C17H22N4O. The number of benzene rings is 1. The van der Waals surface area contributed by atoms with E-state index in [1.165, 1.54) is 5.52 Å². The molecule has 5 nitrogen and oxygen atoms in total. The van der Waals surface area contributed by atoms with Gasteiger partial charge < -0.3 is 14.0 Å². The third-order valence-electron chi connectivity index (χ3n) is 4.03. The van der Waals surface area contributed by atoms with Crippen LogP contribution in [0.1, 0.15) is 17.3 Å². The lowest BCUT2D eigenvalue weighted by molar-refractivity contribution is 0.384. The molecule has 116 valence electrons. The lowest BCUT2D eigenvalue weighted by atomic mass is 10.0. The Morgan fingerprint density at radius 2 is 1.95 bits per heavy atom. The van der Waals surface area contributed by atoms with E-state index in [-0.39, 0.29) is 0 Å². The van der Waals surface area contributed by atoms with Crippen molar-refractivity contribution < 1.29 is 4.52 Å². The van der Waals surface area contributed by atoms with Crippen molar-refractivity contribution >= 4 is 11.0 Å². The van der Waals surface area contributed by atoms with Gasteiger partial charge in [-0.05, 0) is 52.6 Å². The topological polar surface area (TPSA) is 47.1 Å². The molecule has 0 N–H and O–H groups in total. The quantitative estimate of drug-likeness (QED) is 0.742. The summed E-state index contributed by atoms with van der Waals surface area (Å²) in [5.41, 5.74) is 5.30. The van der Waals surface area contributed by atoms with E-state index in [0.29, 0.717) is 0 Å². The van der Waals surface area contributed by atoms with Gasteiger partial charge in [-0.2, -0.15) is 0 Å². The van der Waals surface area contributed by atoms with Crippen LogP contribution in [0.15, 0.2) is 22.7 Å². The van der Waals surface area contributed by atoms with Crippen LogP contribution in [0.4, 0.5) is 0 Å². The van der Waals surface area contributed by atoms with Gasteiger partial charge in [-0.25, -0.2) is 4.98 Å². The lowest BCUT2D eigenvalue weighted by Crippen LogP contribution is -2.18. The van der Waals surface area contributed by atoms with Crippen LogP contribution in [0.25, 0.3) is 22.2 Å². The normalized spacial score (nSPS) is 11.7. The number of imidazole rings is 1. The van der Waals surface area contributed by atoms with Crippen molar-refractivity contribution in [3.63, 3.8) is 0 Å². The average Bonchev–Trinajstić information content (AvgIpc) is 2.95. The molecule has 0 aliphatic carbocycles. The summed E-state index contributed by atoms with van der Waals surface area (Å²) in [6, 6.07) is 6.40. The number of likely N-dealkylation sites (N-methyl/N-ethyl adjacent to an activating group) is 1. The molecule has 2 aromatic heterocycles. The van der Waals surface area contributed by atoms with Gasteiger partial charge in [-0.15, -0.1) is 0 Å². The lowest BCUT2D eigenvalue weighted by Gasteiger charge is -2.12. The van der Waals surface area contributed by atoms with Crippen LogP contribution < -0.4 is 0 Å². The molecule has 5 heteroatoms. The van der Waals surface area contributed by atoms with E-state index in [1.807, 2.05) is 13.8 Å². The second kappa shape index (κ2) is 5.57. The number of hydrogen-bond donors (Lipinski definition) is 0. The molecule has 0 amide bonds. The molecule has 3 rings (SSSR count). The van der Waals surface area contributed by atoms with Gasteiger partial charge >= 0.3 is 0 Å². The van der Waals surface area contributed by atoms with Crippen molar-refractivity contribution in [3.8, 4) is 11.1 Å². The van der Waals surface area contributed by atoms with Crippen molar-refractivity contribution in [1.29, 1.82) is 0 Å². The molecule has 0 atom stereocenters. The maximum atomic E-state index is 5.27. The molecule has 0 fully saturated rings. The monoisotopic (exact) mass is 298 g/mol. The number of nitrogens with zero attached hydrogens (tertiary/aromatic N) is 4. The molecule has 0 unspecified atom stereocenters. The minimum absolute atomic E-state index is 0.848. The van der Waals surface area contributed by atoms with E-state index in [1.54, 1.807) is 0 Å². The summed E-state index contributed by atoms with van der Waals surface area (Å²) < 4.78 is 7.54. The highest BCUT2D eigenvalue weighted by Crippen LogP contribution is 2.29. The summed E-state index contributed by atoms with van der Waals surface area (Å²) in [6.07, 6.45) is 0. The number of hydrogen-bond acceptors (Lipinski definition) is 4. The Labute approximate surface area is 130 Å². The van der Waals surface area contributed by atoms with Crippen molar-refractivity contribution in [2.24, 2.45) is 0 Å². The van der Waals surface area contributed by atoms with E-state index in [0.717, 1.165) is 47.0 Å². The molecule has 0 radical (unpaired) electrons. The summed E-state index contributed by atoms with van der Waals surface area (Å²) in [7, 11) is 4.17. The van der Waals surface area contributed by atoms with Gasteiger partial charge in [0.2, 0.25) is 0 Å². The first-order valence-corrected chi connectivity index (χ1v) is 7.52. The zero-order valence-electron chi connectivity index (χ0n) is 13.8. The molecule has 0 saturated heterocycles. The Hall–Kier alpha value is -2.14. The van der Waals surface area contributed by atoms with Crippen LogP contribution in [0.2, 0.25) is 0 Å². The molecule has 0 spiro atoms. The highest BCUT2D eigenvalue weighted by molar-refractivity contribution is 5.83. The number of fused-ring (bicyclic) bond motifs is 1. The second-order valence-corrected chi connectivity index (χ2v) is 6.02. The smallest absolute Gasteiger partial charge is 0.141 e. The predicted octanol–water partition coefficient (Wildman–Crippen LogP) is 3.18. The Morgan fingerprint density at radius 3 is 2.59 bits per heavy atom. The number of aromatic nitrogens is 3. The Bertz CT molecular complexity index is 794. The maximum Gasteiger partial charge on any atom is 0.141 e. The first-order chi connectivity index (χ1) is 10.5. The highest BCUT2D eigenvalue weighted by Gasteiger charge is 2.14. The predicted molar refractivity (Wildman–Crippen MR) is 88.0 cm³/mol. The maximum absolute atomic E-state index is 5.27. The minimum Gasteiger partial charge on any atom is -0.361 e. The molecule has 3 aromatic rings. The SMILES string of the molecule is Cc1noc(C)c1-c1ccc2c(c1)nc(C)n2CCN(C)C. The van der Waals surface area contributed by atoms with Crippen LogP contribution in [0.5, 0.6) is 0 Å². The van der Waals surface area contributed by atoms with Crippen molar-refractivity contribution in [2.75, 3.05) is 20.6 Å². The van der Waals surface area contributed by atoms with Crippen LogP contribution in [0, 0.1) is 20.8 Å². The van der Waals surface area contributed by atoms with Crippen molar-refractivity contribution in [2.45, 2.75) is 27.3 Å². The fraction of sp³-hybridized carbons (Fsp3) is 0.412. The molecule has 1 aromatic carbocycles. The summed E-state index contributed by atoms with van der Waals surface area (Å²) >= 11 is 0. The largest absolute Gasteiger partial charge is 0.361 e. The number of aryl methyl sites for hydroxylation is 3. The standard InChI is InChI=1S/C17H22N4O/c1-11-17(12(2)22-19-11)14-6-7-16-15(10-14)18-13(3)21(16)9-8-20(4)5/h6-7,10H,8-9H2,1-5H3. The highest BCUT2D eigenvalue weighted by atomic mass is 16.5. The Morgan fingerprint density at radius 1 is 1.18 bits per heavy atom.